The van der Waals surface area contributed by atoms with E-state index in [0.29, 0.717) is 37.3 Å². The number of carbonyl (C=O) groups excluding carboxylic acids is 2. The maximum atomic E-state index is 12.8. The number of nitrogens with zero attached hydrogens (tertiary/aromatic N) is 3. The van der Waals surface area contributed by atoms with Gasteiger partial charge in [0, 0.05) is 26.6 Å². The first-order valence-electron chi connectivity index (χ1n) is 9.62. The molecule has 1 aromatic heterocycles. The smallest absolute Gasteiger partial charge is 0.332 e. The number of Topliss-reactive ketones (excluding diaryl/α,β-unsaturated/α-hetero) is 1. The molecule has 9 nitrogen and oxygen atoms in total. The molecule has 0 atom stereocenters. The molecule has 0 radical (unpaired) electrons. The van der Waals surface area contributed by atoms with Crippen LogP contribution in [0.5, 0.6) is 0 Å². The fraction of sp³-hybridized carbons (Fsp3) is 0.400. The molecular formula is C20H25N5O4. The zero-order chi connectivity index (χ0) is 21.1. The predicted octanol–water partition coefficient (Wildman–Crippen LogP) is 0.961. The maximum Gasteiger partial charge on any atom is 0.332 e. The molecule has 1 aromatic carbocycles. The van der Waals surface area contributed by atoms with Crippen LogP contribution in [0.25, 0.3) is 0 Å². The first-order valence-corrected chi connectivity index (χ1v) is 9.62. The first-order chi connectivity index (χ1) is 13.9. The Bertz CT molecular complexity index is 1070. The summed E-state index contributed by atoms with van der Waals surface area (Å²) in [6.07, 6.45) is 1.92. The Morgan fingerprint density at radius 1 is 1.21 bits per heavy atom. The number of nitrogen functional groups attached to an aromatic ring is 1. The third-order valence-corrected chi connectivity index (χ3v) is 5.02. The second-order valence-electron chi connectivity index (χ2n) is 7.00. The molecule has 3 N–H and O–H groups in total. The van der Waals surface area contributed by atoms with E-state index in [2.05, 4.69) is 5.32 Å². The minimum absolute atomic E-state index is 0.0373. The Morgan fingerprint density at radius 2 is 1.93 bits per heavy atom. The molecule has 1 fully saturated rings. The molecule has 0 unspecified atom stereocenters. The molecule has 154 valence electrons. The van der Waals surface area contributed by atoms with Gasteiger partial charge in [-0.05, 0) is 25.0 Å². The third-order valence-electron chi connectivity index (χ3n) is 5.02. The van der Waals surface area contributed by atoms with Crippen molar-refractivity contribution in [3.05, 3.63) is 50.7 Å². The molecule has 1 aliphatic rings. The molecule has 0 spiro atoms. The van der Waals surface area contributed by atoms with Crippen LogP contribution in [0.15, 0.2) is 33.9 Å². The molecule has 0 aliphatic carbocycles. The van der Waals surface area contributed by atoms with E-state index in [1.54, 1.807) is 17.0 Å². The Morgan fingerprint density at radius 3 is 2.59 bits per heavy atom. The molecule has 1 aliphatic heterocycles. The number of anilines is 3. The molecule has 0 bridgehead atoms. The minimum Gasteiger partial charge on any atom is -0.384 e. The summed E-state index contributed by atoms with van der Waals surface area (Å²) in [6, 6.07) is 7.20. The van der Waals surface area contributed by atoms with Gasteiger partial charge in [0.1, 0.15) is 11.4 Å². The average Bonchev–Trinajstić information content (AvgIpc) is 3.14. The maximum absolute atomic E-state index is 12.8. The first kappa shape index (κ1) is 20.4. The monoisotopic (exact) mass is 399 g/mol. The van der Waals surface area contributed by atoms with Gasteiger partial charge in [-0.25, -0.2) is 4.79 Å². The lowest BCUT2D eigenvalue weighted by atomic mass is 10.1. The zero-order valence-electron chi connectivity index (χ0n) is 16.6. The molecule has 2 heterocycles. The molecule has 1 amide bonds. The van der Waals surface area contributed by atoms with E-state index in [-0.39, 0.29) is 23.8 Å². The van der Waals surface area contributed by atoms with Crippen LogP contribution in [0.1, 0.15) is 36.5 Å². The fourth-order valence-corrected chi connectivity index (χ4v) is 3.51. The molecule has 3 rings (SSSR count). The quantitative estimate of drug-likeness (QED) is 0.670. The molecule has 2 aromatic rings. The van der Waals surface area contributed by atoms with E-state index in [9.17, 15) is 19.2 Å². The van der Waals surface area contributed by atoms with Crippen LogP contribution < -0.4 is 27.2 Å². The van der Waals surface area contributed by atoms with Crippen molar-refractivity contribution in [2.45, 2.75) is 32.7 Å². The van der Waals surface area contributed by atoms with Gasteiger partial charge >= 0.3 is 5.69 Å². The summed E-state index contributed by atoms with van der Waals surface area (Å²) in [7, 11) is 1.33. The SMILES string of the molecule is CCCn1c(N)c(C(=O)CNc2ccccc2N2CCCC2=O)c(=O)n(C)c1=O. The van der Waals surface area contributed by atoms with Crippen LogP contribution in [0, 0.1) is 0 Å². The molecular weight excluding hydrogens is 374 g/mol. The van der Waals surface area contributed by atoms with Crippen molar-refractivity contribution in [2.75, 3.05) is 29.0 Å². The van der Waals surface area contributed by atoms with Gasteiger partial charge in [0.05, 0.1) is 17.9 Å². The average molecular weight is 399 g/mol. The summed E-state index contributed by atoms with van der Waals surface area (Å²) < 4.78 is 2.14. The van der Waals surface area contributed by atoms with Gasteiger partial charge in [-0.15, -0.1) is 0 Å². The number of carbonyl (C=O) groups is 2. The van der Waals surface area contributed by atoms with Crippen molar-refractivity contribution in [1.82, 2.24) is 9.13 Å². The van der Waals surface area contributed by atoms with Crippen molar-refractivity contribution >= 4 is 28.9 Å². The van der Waals surface area contributed by atoms with Gasteiger partial charge in [0.25, 0.3) is 5.56 Å². The highest BCUT2D eigenvalue weighted by Gasteiger charge is 2.25. The molecule has 0 saturated carbocycles. The molecule has 9 heteroatoms. The lowest BCUT2D eigenvalue weighted by Gasteiger charge is -2.20. The topological polar surface area (TPSA) is 119 Å². The highest BCUT2D eigenvalue weighted by atomic mass is 16.2. The highest BCUT2D eigenvalue weighted by Crippen LogP contribution is 2.29. The van der Waals surface area contributed by atoms with Crippen LogP contribution in [0.4, 0.5) is 17.2 Å². The summed E-state index contributed by atoms with van der Waals surface area (Å²) in [5.41, 5.74) is 5.85. The molecule has 1 saturated heterocycles. The number of aromatic nitrogens is 2. The van der Waals surface area contributed by atoms with Gasteiger partial charge in [-0.3, -0.25) is 23.5 Å². The van der Waals surface area contributed by atoms with Crippen molar-refractivity contribution in [2.24, 2.45) is 7.05 Å². The van der Waals surface area contributed by atoms with Gasteiger partial charge < -0.3 is 16.0 Å². The van der Waals surface area contributed by atoms with E-state index in [4.69, 9.17) is 5.73 Å². The number of nitrogens with one attached hydrogen (secondary N) is 1. The predicted molar refractivity (Wildman–Crippen MR) is 111 cm³/mol. The van der Waals surface area contributed by atoms with Crippen LogP contribution in [0.3, 0.4) is 0 Å². The lowest BCUT2D eigenvalue weighted by Crippen LogP contribution is -2.43. The zero-order valence-corrected chi connectivity index (χ0v) is 16.6. The van der Waals surface area contributed by atoms with Crippen LogP contribution in [-0.2, 0) is 18.4 Å². The van der Waals surface area contributed by atoms with Crippen molar-refractivity contribution in [1.29, 1.82) is 0 Å². The summed E-state index contributed by atoms with van der Waals surface area (Å²) in [4.78, 5) is 51.4. The highest BCUT2D eigenvalue weighted by molar-refractivity contribution is 6.03. The minimum atomic E-state index is -0.713. The number of ketones is 1. The standard InChI is InChI=1S/C20H25N5O4/c1-3-10-25-18(21)17(19(28)23(2)20(25)29)15(26)12-22-13-7-4-5-8-14(13)24-11-6-9-16(24)27/h4-5,7-8,22H,3,6,9-12,21H2,1-2H3. The largest absolute Gasteiger partial charge is 0.384 e. The van der Waals surface area contributed by atoms with E-state index in [0.717, 1.165) is 11.0 Å². The number of hydrogen-bond donors (Lipinski definition) is 2. The summed E-state index contributed by atoms with van der Waals surface area (Å²) >= 11 is 0. The van der Waals surface area contributed by atoms with Gasteiger partial charge in [0.15, 0.2) is 5.78 Å². The number of benzene rings is 1. The van der Waals surface area contributed by atoms with Gasteiger partial charge in [0.2, 0.25) is 5.91 Å². The Kier molecular flexibility index (Phi) is 5.86. The normalized spacial score (nSPS) is 13.7. The van der Waals surface area contributed by atoms with Crippen LogP contribution >= 0.6 is 0 Å². The van der Waals surface area contributed by atoms with Gasteiger partial charge in [-0.2, -0.15) is 0 Å². The Balaban J connectivity index is 1.89. The number of amides is 1. The van der Waals surface area contributed by atoms with Crippen molar-refractivity contribution < 1.29 is 9.59 Å². The number of rotatable bonds is 7. The van der Waals surface area contributed by atoms with Gasteiger partial charge in [-0.1, -0.05) is 19.1 Å². The van der Waals surface area contributed by atoms with Crippen molar-refractivity contribution in [3.63, 3.8) is 0 Å². The van der Waals surface area contributed by atoms with E-state index in [1.165, 1.54) is 11.6 Å². The summed E-state index contributed by atoms with van der Waals surface area (Å²) in [6.45, 7) is 2.62. The summed E-state index contributed by atoms with van der Waals surface area (Å²) in [5, 5.41) is 3.01. The van der Waals surface area contributed by atoms with Crippen LogP contribution in [0.2, 0.25) is 0 Å². The Hall–Kier alpha value is -3.36. The number of hydrogen-bond acceptors (Lipinski definition) is 6. The third kappa shape index (κ3) is 3.80. The lowest BCUT2D eigenvalue weighted by molar-refractivity contribution is -0.117. The van der Waals surface area contributed by atoms with Crippen LogP contribution in [-0.4, -0.2) is 33.9 Å². The number of para-hydroxylation sites is 2. The fourth-order valence-electron chi connectivity index (χ4n) is 3.51. The Labute approximate surface area is 167 Å². The second-order valence-corrected chi connectivity index (χ2v) is 7.00. The van der Waals surface area contributed by atoms with Crippen molar-refractivity contribution in [3.8, 4) is 0 Å². The van der Waals surface area contributed by atoms with E-state index < -0.39 is 17.0 Å². The molecule has 29 heavy (non-hydrogen) atoms. The second kappa shape index (κ2) is 8.34. The van der Waals surface area contributed by atoms with E-state index >= 15 is 0 Å². The number of nitrogens with two attached hydrogens (primary N) is 1. The van der Waals surface area contributed by atoms with E-state index in [1.807, 2.05) is 19.1 Å². The summed E-state index contributed by atoms with van der Waals surface area (Å²) in [5.74, 6) is -0.597.